The molecule has 0 saturated heterocycles. The van der Waals surface area contributed by atoms with E-state index in [1.807, 2.05) is 0 Å². The number of nitrogens with zero attached hydrogens (tertiary/aromatic N) is 1. The molecule has 0 fully saturated rings. The van der Waals surface area contributed by atoms with Crippen molar-refractivity contribution in [3.63, 3.8) is 0 Å². The van der Waals surface area contributed by atoms with E-state index in [2.05, 4.69) is 26.5 Å². The van der Waals surface area contributed by atoms with E-state index in [1.54, 1.807) is 0 Å². The van der Waals surface area contributed by atoms with Gasteiger partial charge < -0.3 is 5.43 Å². The van der Waals surface area contributed by atoms with Crippen LogP contribution in [-0.4, -0.2) is 11.2 Å². The van der Waals surface area contributed by atoms with Crippen LogP contribution in [0.2, 0.25) is 0 Å². The van der Waals surface area contributed by atoms with Crippen molar-refractivity contribution in [3.05, 3.63) is 0 Å². The molecule has 0 spiro atoms. The molecule has 0 aliphatic carbocycles. The van der Waals surface area contributed by atoms with Crippen molar-refractivity contribution < 1.29 is 0 Å². The zero-order chi connectivity index (χ0) is 4.41. The molecule has 0 aromatic heterocycles. The summed E-state index contributed by atoms with van der Waals surface area (Å²) in [6, 6.07) is 0. The van der Waals surface area contributed by atoms with Gasteiger partial charge in [0.15, 0.2) is 0 Å². The number of nitrogens with one attached hydrogen (secondary N) is 1. The Morgan fingerprint density at radius 3 is 2.83 bits per heavy atom. The van der Waals surface area contributed by atoms with E-state index < -0.39 is 0 Å². The minimum Gasteiger partial charge on any atom is -0.309 e. The first-order valence-electron chi connectivity index (χ1n) is 1.84. The Kier molecular flexibility index (Phi) is 1.10. The minimum absolute atomic E-state index is 0.987. The third-order valence-electron chi connectivity index (χ3n) is 0.643. The van der Waals surface area contributed by atoms with Gasteiger partial charge in [0.25, 0.3) is 0 Å². The predicted molar refractivity (Wildman–Crippen MR) is 29.0 cm³/mol. The molecule has 0 atom stereocenters. The van der Waals surface area contributed by atoms with Gasteiger partial charge in [-0.2, -0.15) is 5.10 Å². The van der Waals surface area contributed by atoms with Crippen LogP contribution < -0.4 is 5.43 Å². The van der Waals surface area contributed by atoms with Crippen molar-refractivity contribution in [2.24, 2.45) is 5.10 Å². The summed E-state index contributed by atoms with van der Waals surface area (Å²) in [5.41, 5.74) is 2.81. The third-order valence-corrected chi connectivity index (χ3v) is 1.22. The molecule has 1 heterocycles. The van der Waals surface area contributed by atoms with Crippen molar-refractivity contribution in [1.82, 2.24) is 5.43 Å². The number of rotatable bonds is 0. The summed E-state index contributed by atoms with van der Waals surface area (Å²) in [4.78, 5) is 0. The lowest BCUT2D eigenvalue weighted by atomic mass is 10.5. The van der Waals surface area contributed by atoms with Gasteiger partial charge in [-0.05, 0) is 15.9 Å². The van der Waals surface area contributed by atoms with E-state index in [1.165, 1.54) is 0 Å². The quantitative estimate of drug-likeness (QED) is 0.538. The van der Waals surface area contributed by atoms with Crippen LogP contribution in [0, 0.1) is 0 Å². The van der Waals surface area contributed by atoms with E-state index in [0.717, 1.165) is 17.6 Å². The number of hydrogen-bond acceptors (Lipinski definition) is 2. The fourth-order valence-electron chi connectivity index (χ4n) is 0.357. The molecule has 34 valence electrons. The first-order chi connectivity index (χ1) is 2.89. The van der Waals surface area contributed by atoms with Gasteiger partial charge in [-0.15, -0.1) is 0 Å². The zero-order valence-electron chi connectivity index (χ0n) is 3.24. The van der Waals surface area contributed by atoms with Crippen molar-refractivity contribution in [2.75, 3.05) is 6.54 Å². The van der Waals surface area contributed by atoms with Gasteiger partial charge in [0.05, 0.1) is 0 Å². The molecule has 0 radical (unpaired) electrons. The summed E-state index contributed by atoms with van der Waals surface area (Å²) < 4.78 is 1.03. The Hall–Kier alpha value is -0.0500. The standard InChI is InChI=1S/C3H5BrN2/c4-3-1-2-5-6-3/h5H,1-2H2. The smallest absolute Gasteiger partial charge is 0.105 e. The summed E-state index contributed by atoms with van der Waals surface area (Å²) >= 11 is 3.23. The Labute approximate surface area is 44.7 Å². The molecule has 0 aromatic carbocycles. The SMILES string of the molecule is BrC1=NNCC1. The Morgan fingerprint density at radius 1 is 1.83 bits per heavy atom. The molecule has 3 heteroatoms. The van der Waals surface area contributed by atoms with Crippen LogP contribution in [0.4, 0.5) is 0 Å². The number of hydrogen-bond donors (Lipinski definition) is 1. The van der Waals surface area contributed by atoms with E-state index in [9.17, 15) is 0 Å². The molecule has 0 bridgehead atoms. The van der Waals surface area contributed by atoms with Gasteiger partial charge >= 0.3 is 0 Å². The van der Waals surface area contributed by atoms with Crippen LogP contribution in [0.5, 0.6) is 0 Å². The van der Waals surface area contributed by atoms with Crippen molar-refractivity contribution in [1.29, 1.82) is 0 Å². The molecular weight excluding hydrogens is 144 g/mol. The fourth-order valence-corrected chi connectivity index (χ4v) is 0.680. The normalized spacial score (nSPS) is 19.8. The second kappa shape index (κ2) is 1.60. The lowest BCUT2D eigenvalue weighted by Crippen LogP contribution is -1.96. The second-order valence-electron chi connectivity index (χ2n) is 1.15. The summed E-state index contributed by atoms with van der Waals surface area (Å²) in [7, 11) is 0. The van der Waals surface area contributed by atoms with Gasteiger partial charge in [0.1, 0.15) is 4.62 Å². The van der Waals surface area contributed by atoms with Crippen LogP contribution in [0.25, 0.3) is 0 Å². The van der Waals surface area contributed by atoms with Gasteiger partial charge in [0.2, 0.25) is 0 Å². The van der Waals surface area contributed by atoms with E-state index in [4.69, 9.17) is 0 Å². The molecular formula is C3H5BrN2. The fraction of sp³-hybridized carbons (Fsp3) is 0.667. The monoisotopic (exact) mass is 148 g/mol. The lowest BCUT2D eigenvalue weighted by Gasteiger charge is -1.76. The van der Waals surface area contributed by atoms with Crippen LogP contribution in [-0.2, 0) is 0 Å². The second-order valence-corrected chi connectivity index (χ2v) is 2.06. The minimum atomic E-state index is 0.987. The molecule has 0 unspecified atom stereocenters. The highest BCUT2D eigenvalue weighted by Gasteiger charge is 1.97. The van der Waals surface area contributed by atoms with Crippen molar-refractivity contribution in [3.8, 4) is 0 Å². The molecule has 1 aliphatic heterocycles. The summed E-state index contributed by atoms with van der Waals surface area (Å²) in [5, 5.41) is 3.82. The first-order valence-corrected chi connectivity index (χ1v) is 2.64. The van der Waals surface area contributed by atoms with Crippen LogP contribution >= 0.6 is 15.9 Å². The van der Waals surface area contributed by atoms with Gasteiger partial charge in [-0.25, -0.2) is 0 Å². The summed E-state index contributed by atoms with van der Waals surface area (Å²) in [5.74, 6) is 0. The molecule has 0 amide bonds. The number of halogens is 1. The number of hydrazone groups is 1. The molecule has 1 aliphatic rings. The molecule has 2 nitrogen and oxygen atoms in total. The molecule has 1 rings (SSSR count). The Bertz CT molecular complexity index is 78.9. The average Bonchev–Trinajstić information content (AvgIpc) is 1.86. The predicted octanol–water partition coefficient (Wildman–Crippen LogP) is 0.688. The molecule has 0 aromatic rings. The van der Waals surface area contributed by atoms with Crippen LogP contribution in [0.15, 0.2) is 5.10 Å². The lowest BCUT2D eigenvalue weighted by molar-refractivity contribution is 0.813. The molecule has 0 saturated carbocycles. The maximum absolute atomic E-state index is 3.82. The van der Waals surface area contributed by atoms with E-state index >= 15 is 0 Å². The Balaban J connectivity index is 2.45. The summed E-state index contributed by atoms with van der Waals surface area (Å²) in [6.45, 7) is 0.987. The first kappa shape index (κ1) is 4.12. The third kappa shape index (κ3) is 0.712. The van der Waals surface area contributed by atoms with Crippen molar-refractivity contribution >= 4 is 20.6 Å². The van der Waals surface area contributed by atoms with E-state index in [-0.39, 0.29) is 0 Å². The van der Waals surface area contributed by atoms with E-state index in [0.29, 0.717) is 0 Å². The largest absolute Gasteiger partial charge is 0.309 e. The van der Waals surface area contributed by atoms with Crippen molar-refractivity contribution in [2.45, 2.75) is 6.42 Å². The topological polar surface area (TPSA) is 24.4 Å². The highest BCUT2D eigenvalue weighted by Crippen LogP contribution is 1.98. The van der Waals surface area contributed by atoms with Gasteiger partial charge in [0, 0.05) is 13.0 Å². The average molecular weight is 149 g/mol. The molecule has 1 N–H and O–H groups in total. The highest BCUT2D eigenvalue weighted by atomic mass is 79.9. The van der Waals surface area contributed by atoms with Crippen LogP contribution in [0.3, 0.4) is 0 Å². The zero-order valence-corrected chi connectivity index (χ0v) is 4.83. The van der Waals surface area contributed by atoms with Gasteiger partial charge in [-0.3, -0.25) is 0 Å². The highest BCUT2D eigenvalue weighted by molar-refractivity contribution is 9.18. The summed E-state index contributed by atoms with van der Waals surface area (Å²) in [6.07, 6.45) is 1.04. The molecule has 6 heavy (non-hydrogen) atoms. The Morgan fingerprint density at radius 2 is 2.67 bits per heavy atom. The van der Waals surface area contributed by atoms with Gasteiger partial charge in [-0.1, -0.05) is 0 Å². The maximum atomic E-state index is 3.82. The van der Waals surface area contributed by atoms with Crippen LogP contribution in [0.1, 0.15) is 6.42 Å². The maximum Gasteiger partial charge on any atom is 0.105 e.